The fourth-order valence-electron chi connectivity index (χ4n) is 1.31. The van der Waals surface area contributed by atoms with E-state index < -0.39 is 0 Å². The van der Waals surface area contributed by atoms with Gasteiger partial charge in [-0.3, -0.25) is 9.59 Å². The molecule has 68 valence electrons. The summed E-state index contributed by atoms with van der Waals surface area (Å²) in [5.41, 5.74) is 0. The fourth-order valence-corrected chi connectivity index (χ4v) is 1.31. The van der Waals surface area contributed by atoms with Gasteiger partial charge >= 0.3 is 5.97 Å². The number of ether oxygens (including phenoxy) is 1. The zero-order valence-electron chi connectivity index (χ0n) is 7.13. The molecule has 0 spiro atoms. The minimum absolute atomic E-state index is 0.0216. The topological polar surface area (TPSA) is 55.4 Å². The SMILES string of the molecule is COC(=O)CC1CCCNC1=O. The second-order valence-corrected chi connectivity index (χ2v) is 2.91. The number of carbonyl (C=O) groups is 2. The Kier molecular flexibility index (Phi) is 3.08. The van der Waals surface area contributed by atoms with Crippen molar-refractivity contribution >= 4 is 11.9 Å². The van der Waals surface area contributed by atoms with Gasteiger partial charge < -0.3 is 10.1 Å². The van der Waals surface area contributed by atoms with E-state index in [2.05, 4.69) is 10.1 Å². The molecule has 1 fully saturated rings. The van der Waals surface area contributed by atoms with Crippen LogP contribution in [0.4, 0.5) is 0 Å². The second-order valence-electron chi connectivity index (χ2n) is 2.91. The van der Waals surface area contributed by atoms with Gasteiger partial charge in [-0.15, -0.1) is 0 Å². The van der Waals surface area contributed by atoms with Crippen LogP contribution < -0.4 is 5.32 Å². The summed E-state index contributed by atoms with van der Waals surface area (Å²) in [4.78, 5) is 22.0. The summed E-state index contributed by atoms with van der Waals surface area (Å²) >= 11 is 0. The van der Waals surface area contributed by atoms with Gasteiger partial charge in [-0.2, -0.15) is 0 Å². The average molecular weight is 171 g/mol. The van der Waals surface area contributed by atoms with Crippen molar-refractivity contribution in [1.82, 2.24) is 5.32 Å². The van der Waals surface area contributed by atoms with Gasteiger partial charge in [0.1, 0.15) is 0 Å². The maximum Gasteiger partial charge on any atom is 0.306 e. The molecule has 0 radical (unpaired) electrons. The highest BCUT2D eigenvalue weighted by atomic mass is 16.5. The maximum absolute atomic E-state index is 11.1. The molecule has 1 amide bonds. The number of hydrogen-bond acceptors (Lipinski definition) is 3. The minimum atomic E-state index is -0.308. The molecule has 0 bridgehead atoms. The zero-order chi connectivity index (χ0) is 8.97. The molecule has 1 heterocycles. The van der Waals surface area contributed by atoms with Crippen molar-refractivity contribution in [3.63, 3.8) is 0 Å². The molecule has 0 aromatic heterocycles. The third-order valence-electron chi connectivity index (χ3n) is 2.04. The van der Waals surface area contributed by atoms with E-state index >= 15 is 0 Å². The van der Waals surface area contributed by atoms with Crippen LogP contribution in [0.5, 0.6) is 0 Å². The Morgan fingerprint density at radius 2 is 2.50 bits per heavy atom. The number of methoxy groups -OCH3 is 1. The van der Waals surface area contributed by atoms with E-state index in [1.54, 1.807) is 0 Å². The summed E-state index contributed by atoms with van der Waals surface area (Å²) in [6.45, 7) is 0.733. The average Bonchev–Trinajstić information content (AvgIpc) is 2.09. The summed E-state index contributed by atoms with van der Waals surface area (Å²) in [6, 6.07) is 0. The highest BCUT2D eigenvalue weighted by molar-refractivity contribution is 5.84. The van der Waals surface area contributed by atoms with Gasteiger partial charge in [0.15, 0.2) is 0 Å². The van der Waals surface area contributed by atoms with Crippen LogP contribution in [-0.2, 0) is 14.3 Å². The smallest absolute Gasteiger partial charge is 0.306 e. The van der Waals surface area contributed by atoms with E-state index in [1.165, 1.54) is 7.11 Å². The molecule has 1 N–H and O–H groups in total. The number of carbonyl (C=O) groups excluding carboxylic acids is 2. The van der Waals surface area contributed by atoms with Crippen LogP contribution in [0.1, 0.15) is 19.3 Å². The molecule has 1 aliphatic heterocycles. The van der Waals surface area contributed by atoms with Gasteiger partial charge in [-0.25, -0.2) is 0 Å². The predicted molar refractivity (Wildman–Crippen MR) is 42.4 cm³/mol. The standard InChI is InChI=1S/C8H13NO3/c1-12-7(10)5-6-3-2-4-9-8(6)11/h6H,2-5H2,1H3,(H,9,11). The van der Waals surface area contributed by atoms with Crippen molar-refractivity contribution in [3.05, 3.63) is 0 Å². The van der Waals surface area contributed by atoms with Crippen LogP contribution in [0.2, 0.25) is 0 Å². The van der Waals surface area contributed by atoms with Crippen LogP contribution in [0, 0.1) is 5.92 Å². The lowest BCUT2D eigenvalue weighted by Gasteiger charge is -2.20. The van der Waals surface area contributed by atoms with E-state index in [0.717, 1.165) is 19.4 Å². The molecular formula is C8H13NO3. The molecule has 0 saturated carbocycles. The maximum atomic E-state index is 11.1. The van der Waals surface area contributed by atoms with Crippen molar-refractivity contribution < 1.29 is 14.3 Å². The molecule has 4 nitrogen and oxygen atoms in total. The van der Waals surface area contributed by atoms with E-state index in [9.17, 15) is 9.59 Å². The molecule has 12 heavy (non-hydrogen) atoms. The Hall–Kier alpha value is -1.06. The second kappa shape index (κ2) is 4.09. The van der Waals surface area contributed by atoms with Crippen LogP contribution in [0.15, 0.2) is 0 Å². The van der Waals surface area contributed by atoms with E-state index in [1.807, 2.05) is 0 Å². The van der Waals surface area contributed by atoms with Crippen LogP contribution in [-0.4, -0.2) is 25.5 Å². The highest BCUT2D eigenvalue weighted by Gasteiger charge is 2.24. The number of rotatable bonds is 2. The van der Waals surface area contributed by atoms with Gasteiger partial charge in [0.2, 0.25) is 5.91 Å². The molecule has 0 aromatic carbocycles. The summed E-state index contributed by atoms with van der Waals surface area (Å²) < 4.78 is 4.48. The summed E-state index contributed by atoms with van der Waals surface area (Å²) in [6.07, 6.45) is 1.96. The van der Waals surface area contributed by atoms with E-state index in [-0.39, 0.29) is 24.2 Å². The van der Waals surface area contributed by atoms with Gasteiger partial charge in [0.25, 0.3) is 0 Å². The molecule has 0 aromatic rings. The van der Waals surface area contributed by atoms with Gasteiger partial charge in [-0.05, 0) is 12.8 Å². The molecule has 4 heteroatoms. The highest BCUT2D eigenvalue weighted by Crippen LogP contribution is 2.15. The predicted octanol–water partition coefficient (Wildman–Crippen LogP) is 0.0757. The fraction of sp³-hybridized carbons (Fsp3) is 0.750. The molecule has 1 atom stereocenters. The number of nitrogens with one attached hydrogen (secondary N) is 1. The van der Waals surface area contributed by atoms with Crippen molar-refractivity contribution in [2.45, 2.75) is 19.3 Å². The number of piperidine rings is 1. The lowest BCUT2D eigenvalue weighted by atomic mass is 9.95. The lowest BCUT2D eigenvalue weighted by molar-refractivity contribution is -0.144. The number of hydrogen-bond donors (Lipinski definition) is 1. The number of amides is 1. The first-order valence-corrected chi connectivity index (χ1v) is 4.08. The van der Waals surface area contributed by atoms with Crippen molar-refractivity contribution in [2.75, 3.05) is 13.7 Å². The van der Waals surface area contributed by atoms with Crippen molar-refractivity contribution in [1.29, 1.82) is 0 Å². The Bertz CT molecular complexity index is 191. The normalized spacial score (nSPS) is 23.1. The van der Waals surface area contributed by atoms with Gasteiger partial charge in [-0.1, -0.05) is 0 Å². The first kappa shape index (κ1) is 9.03. The molecule has 1 aliphatic rings. The van der Waals surface area contributed by atoms with Crippen molar-refractivity contribution in [3.8, 4) is 0 Å². The molecule has 1 saturated heterocycles. The monoisotopic (exact) mass is 171 g/mol. The largest absolute Gasteiger partial charge is 0.469 e. The Balaban J connectivity index is 2.39. The van der Waals surface area contributed by atoms with Crippen LogP contribution >= 0.6 is 0 Å². The number of esters is 1. The summed E-state index contributed by atoms with van der Waals surface area (Å²) in [5, 5.41) is 2.71. The minimum Gasteiger partial charge on any atom is -0.469 e. The van der Waals surface area contributed by atoms with Crippen LogP contribution in [0.25, 0.3) is 0 Å². The molecule has 1 unspecified atom stereocenters. The molecular weight excluding hydrogens is 158 g/mol. The van der Waals surface area contributed by atoms with E-state index in [0.29, 0.717) is 0 Å². The van der Waals surface area contributed by atoms with E-state index in [4.69, 9.17) is 0 Å². The Morgan fingerprint density at radius 3 is 3.08 bits per heavy atom. The quantitative estimate of drug-likeness (QED) is 0.598. The van der Waals surface area contributed by atoms with Crippen LogP contribution in [0.3, 0.4) is 0 Å². The Labute approximate surface area is 71.3 Å². The third kappa shape index (κ3) is 2.22. The third-order valence-corrected chi connectivity index (χ3v) is 2.04. The molecule has 0 aliphatic carbocycles. The summed E-state index contributed by atoms with van der Waals surface area (Å²) in [7, 11) is 1.34. The molecule has 1 rings (SSSR count). The summed E-state index contributed by atoms with van der Waals surface area (Å²) in [5.74, 6) is -0.505. The zero-order valence-corrected chi connectivity index (χ0v) is 7.13. The van der Waals surface area contributed by atoms with Crippen molar-refractivity contribution in [2.24, 2.45) is 5.92 Å². The van der Waals surface area contributed by atoms with Gasteiger partial charge in [0.05, 0.1) is 13.5 Å². The first-order valence-electron chi connectivity index (χ1n) is 4.08. The Morgan fingerprint density at radius 1 is 1.75 bits per heavy atom. The lowest BCUT2D eigenvalue weighted by Crippen LogP contribution is -2.37. The first-order chi connectivity index (χ1) is 5.74. The van der Waals surface area contributed by atoms with Gasteiger partial charge in [0, 0.05) is 12.5 Å².